The molecule has 1 N–H and O–H groups in total. The first-order chi connectivity index (χ1) is 15.4. The predicted molar refractivity (Wildman–Crippen MR) is 126 cm³/mol. The Morgan fingerprint density at radius 3 is 2.38 bits per heavy atom. The summed E-state index contributed by atoms with van der Waals surface area (Å²) in [6.45, 7) is 4.56. The van der Waals surface area contributed by atoms with E-state index in [9.17, 15) is 4.79 Å². The second kappa shape index (κ2) is 10.8. The molecule has 0 spiro atoms. The first-order valence-electron chi connectivity index (χ1n) is 10.1. The number of benzene rings is 3. The van der Waals surface area contributed by atoms with Crippen molar-refractivity contribution in [1.82, 2.24) is 0 Å². The van der Waals surface area contributed by atoms with Crippen molar-refractivity contribution in [3.05, 3.63) is 76.3 Å². The van der Waals surface area contributed by atoms with Crippen molar-refractivity contribution in [2.75, 3.05) is 26.1 Å². The van der Waals surface area contributed by atoms with Gasteiger partial charge in [-0.3, -0.25) is 4.79 Å². The molecule has 168 valence electrons. The zero-order valence-corrected chi connectivity index (χ0v) is 19.3. The molecule has 32 heavy (non-hydrogen) atoms. The second-order valence-electron chi connectivity index (χ2n) is 6.98. The molecular weight excluding hydrogens is 430 g/mol. The smallest absolute Gasteiger partial charge is 0.255 e. The SMILES string of the molecule is CCOc1ccc(C(=O)Nc2ccc(OC)cc2OC)cc1COc1ccc(Cl)c(C)c1. The minimum absolute atomic E-state index is 0.239. The maximum Gasteiger partial charge on any atom is 0.255 e. The zero-order chi connectivity index (χ0) is 23.1. The van der Waals surface area contributed by atoms with Gasteiger partial charge in [-0.1, -0.05) is 11.6 Å². The molecule has 7 heteroatoms. The van der Waals surface area contributed by atoms with E-state index in [4.69, 9.17) is 30.5 Å². The largest absolute Gasteiger partial charge is 0.497 e. The lowest BCUT2D eigenvalue weighted by molar-refractivity contribution is 0.102. The normalized spacial score (nSPS) is 10.4. The maximum atomic E-state index is 12.9. The lowest BCUT2D eigenvalue weighted by Crippen LogP contribution is -2.14. The Hall–Kier alpha value is -3.38. The van der Waals surface area contributed by atoms with Crippen LogP contribution in [0.5, 0.6) is 23.0 Å². The highest BCUT2D eigenvalue weighted by Crippen LogP contribution is 2.30. The summed E-state index contributed by atoms with van der Waals surface area (Å²) in [5.74, 6) is 2.21. The first-order valence-corrected chi connectivity index (χ1v) is 10.5. The van der Waals surface area contributed by atoms with E-state index in [0.29, 0.717) is 45.9 Å². The van der Waals surface area contributed by atoms with E-state index in [1.807, 2.05) is 26.0 Å². The minimum atomic E-state index is -0.278. The number of hydrogen-bond donors (Lipinski definition) is 1. The van der Waals surface area contributed by atoms with Gasteiger partial charge in [-0.05, 0) is 67.9 Å². The average Bonchev–Trinajstić information content (AvgIpc) is 2.80. The van der Waals surface area contributed by atoms with Gasteiger partial charge in [0.05, 0.1) is 26.5 Å². The number of methoxy groups -OCH3 is 2. The molecule has 0 aromatic heterocycles. The Morgan fingerprint density at radius 1 is 0.906 bits per heavy atom. The van der Waals surface area contributed by atoms with Crippen molar-refractivity contribution in [2.45, 2.75) is 20.5 Å². The molecule has 3 aromatic carbocycles. The Bertz CT molecular complexity index is 1100. The van der Waals surface area contributed by atoms with Crippen molar-refractivity contribution in [3.8, 4) is 23.0 Å². The van der Waals surface area contributed by atoms with Crippen molar-refractivity contribution in [1.29, 1.82) is 0 Å². The van der Waals surface area contributed by atoms with Gasteiger partial charge in [0, 0.05) is 22.2 Å². The molecule has 3 rings (SSSR count). The zero-order valence-electron chi connectivity index (χ0n) is 18.5. The van der Waals surface area contributed by atoms with E-state index < -0.39 is 0 Å². The number of nitrogens with one attached hydrogen (secondary N) is 1. The fraction of sp³-hybridized carbons (Fsp3) is 0.240. The number of halogens is 1. The van der Waals surface area contributed by atoms with Crippen LogP contribution in [-0.4, -0.2) is 26.7 Å². The number of rotatable bonds is 9. The first kappa shape index (κ1) is 23.3. The molecule has 0 aliphatic rings. The molecular formula is C25H26ClNO5. The van der Waals surface area contributed by atoms with Gasteiger partial charge in [-0.25, -0.2) is 0 Å². The van der Waals surface area contributed by atoms with Gasteiger partial charge in [0.25, 0.3) is 5.91 Å². The number of aryl methyl sites for hydroxylation is 1. The number of ether oxygens (including phenoxy) is 4. The standard InChI is InChI=1S/C25H26ClNO5/c1-5-31-23-11-6-17(13-18(23)15-32-20-7-9-21(26)16(2)12-20)25(28)27-22-10-8-19(29-3)14-24(22)30-4/h6-14H,5,15H2,1-4H3,(H,27,28). The number of anilines is 1. The van der Waals surface area contributed by atoms with Crippen LogP contribution < -0.4 is 24.3 Å². The highest BCUT2D eigenvalue weighted by Gasteiger charge is 2.14. The van der Waals surface area contributed by atoms with Crippen molar-refractivity contribution < 1.29 is 23.7 Å². The van der Waals surface area contributed by atoms with E-state index in [-0.39, 0.29) is 12.5 Å². The Kier molecular flexibility index (Phi) is 7.84. The van der Waals surface area contributed by atoms with E-state index in [0.717, 1.165) is 11.1 Å². The summed E-state index contributed by atoms with van der Waals surface area (Å²) in [6, 6.07) is 15.9. The van der Waals surface area contributed by atoms with Crippen LogP contribution in [0.2, 0.25) is 5.02 Å². The monoisotopic (exact) mass is 455 g/mol. The molecule has 1 amide bonds. The van der Waals surface area contributed by atoms with Gasteiger partial charge in [0.2, 0.25) is 0 Å². The molecule has 0 saturated carbocycles. The second-order valence-corrected chi connectivity index (χ2v) is 7.38. The van der Waals surface area contributed by atoms with Crippen LogP contribution in [-0.2, 0) is 6.61 Å². The van der Waals surface area contributed by atoms with E-state index in [1.54, 1.807) is 49.6 Å². The van der Waals surface area contributed by atoms with Crippen LogP contribution in [0.25, 0.3) is 0 Å². The fourth-order valence-corrected chi connectivity index (χ4v) is 3.21. The Morgan fingerprint density at radius 2 is 1.69 bits per heavy atom. The van der Waals surface area contributed by atoms with Crippen LogP contribution in [0.4, 0.5) is 5.69 Å². The third-order valence-electron chi connectivity index (χ3n) is 4.80. The predicted octanol–water partition coefficient (Wildman–Crippen LogP) is 5.90. The third kappa shape index (κ3) is 5.65. The molecule has 0 saturated heterocycles. The molecule has 3 aromatic rings. The summed E-state index contributed by atoms with van der Waals surface area (Å²) in [7, 11) is 3.11. The number of hydrogen-bond acceptors (Lipinski definition) is 5. The molecule has 0 atom stereocenters. The molecule has 0 aliphatic carbocycles. The van der Waals surface area contributed by atoms with Gasteiger partial charge < -0.3 is 24.3 Å². The van der Waals surface area contributed by atoms with Crippen LogP contribution in [0.1, 0.15) is 28.4 Å². The van der Waals surface area contributed by atoms with Crippen molar-refractivity contribution in [3.63, 3.8) is 0 Å². The molecule has 0 aliphatic heterocycles. The Balaban J connectivity index is 1.81. The van der Waals surface area contributed by atoms with Gasteiger partial charge in [-0.2, -0.15) is 0 Å². The summed E-state index contributed by atoms with van der Waals surface area (Å²) in [5, 5.41) is 3.56. The van der Waals surface area contributed by atoms with Gasteiger partial charge >= 0.3 is 0 Å². The lowest BCUT2D eigenvalue weighted by Gasteiger charge is -2.15. The quantitative estimate of drug-likeness (QED) is 0.435. The van der Waals surface area contributed by atoms with Crippen LogP contribution in [0.15, 0.2) is 54.6 Å². The fourth-order valence-electron chi connectivity index (χ4n) is 3.09. The maximum absolute atomic E-state index is 12.9. The van der Waals surface area contributed by atoms with E-state index in [2.05, 4.69) is 5.32 Å². The average molecular weight is 456 g/mol. The van der Waals surface area contributed by atoms with Crippen molar-refractivity contribution in [2.24, 2.45) is 0 Å². The highest BCUT2D eigenvalue weighted by molar-refractivity contribution is 6.31. The van der Waals surface area contributed by atoms with E-state index in [1.165, 1.54) is 7.11 Å². The van der Waals surface area contributed by atoms with Crippen LogP contribution >= 0.6 is 11.6 Å². The molecule has 0 unspecified atom stereocenters. The lowest BCUT2D eigenvalue weighted by atomic mass is 10.1. The van der Waals surface area contributed by atoms with Gasteiger partial charge in [0.1, 0.15) is 29.6 Å². The highest BCUT2D eigenvalue weighted by atomic mass is 35.5. The Labute approximate surface area is 193 Å². The number of carbonyl (C=O) groups excluding carboxylic acids is 1. The van der Waals surface area contributed by atoms with Gasteiger partial charge in [0.15, 0.2) is 0 Å². The van der Waals surface area contributed by atoms with Crippen molar-refractivity contribution >= 4 is 23.2 Å². The molecule has 0 radical (unpaired) electrons. The number of carbonyl (C=O) groups is 1. The summed E-state index contributed by atoms with van der Waals surface area (Å²) in [5.41, 5.74) is 2.70. The number of amides is 1. The topological polar surface area (TPSA) is 66.0 Å². The summed E-state index contributed by atoms with van der Waals surface area (Å²) in [4.78, 5) is 12.9. The third-order valence-corrected chi connectivity index (χ3v) is 5.23. The molecule has 0 heterocycles. The summed E-state index contributed by atoms with van der Waals surface area (Å²) in [6.07, 6.45) is 0. The van der Waals surface area contributed by atoms with Crippen LogP contribution in [0, 0.1) is 6.92 Å². The summed E-state index contributed by atoms with van der Waals surface area (Å²) < 4.78 is 22.2. The van der Waals surface area contributed by atoms with E-state index >= 15 is 0 Å². The van der Waals surface area contributed by atoms with Gasteiger partial charge in [-0.15, -0.1) is 0 Å². The van der Waals surface area contributed by atoms with Crippen LogP contribution in [0.3, 0.4) is 0 Å². The summed E-state index contributed by atoms with van der Waals surface area (Å²) >= 11 is 6.09. The molecule has 0 fully saturated rings. The molecule has 6 nitrogen and oxygen atoms in total. The minimum Gasteiger partial charge on any atom is -0.497 e. The molecule has 0 bridgehead atoms.